The Kier molecular flexibility index (Phi) is 5.77. The molecular formula is C21H25BrF3N5O2. The predicted molar refractivity (Wildman–Crippen MR) is 115 cm³/mol. The van der Waals surface area contributed by atoms with Crippen molar-refractivity contribution in [3.8, 4) is 0 Å². The van der Waals surface area contributed by atoms with E-state index in [1.807, 2.05) is 0 Å². The number of halogens is 4. The molecule has 32 heavy (non-hydrogen) atoms. The first kappa shape index (κ1) is 23.0. The van der Waals surface area contributed by atoms with Crippen molar-refractivity contribution >= 4 is 27.6 Å². The molecule has 0 aliphatic carbocycles. The molecule has 2 aliphatic rings. The standard InChI is InChI=1S/C21H25BrF3N5O2/c1-11-8-15-13(10-29(11)19(31)27-14-5-7-26-18(22)16(14)23)17-21(24,25)6-4-12(20(2,3)32)9-30(17)28-15/h5,7,11-12,32H,4,6,8-10H2,1-3H3,(H,26,27,31). The summed E-state index contributed by atoms with van der Waals surface area (Å²) in [5.41, 5.74) is -0.503. The Labute approximate surface area is 192 Å². The number of nitrogens with one attached hydrogen (secondary N) is 1. The van der Waals surface area contributed by atoms with E-state index in [0.29, 0.717) is 17.7 Å². The van der Waals surface area contributed by atoms with Crippen molar-refractivity contribution in [3.63, 3.8) is 0 Å². The summed E-state index contributed by atoms with van der Waals surface area (Å²) in [5.74, 6) is -4.22. The van der Waals surface area contributed by atoms with Crippen molar-refractivity contribution in [1.82, 2.24) is 19.7 Å². The SMILES string of the molecule is CC1Cc2nn3c(c2CN1C(=O)Nc1ccnc(Br)c1F)C(F)(F)CCC(C(C)(C)O)C3. The minimum Gasteiger partial charge on any atom is -0.390 e. The number of fused-ring (bicyclic) bond motifs is 3. The first-order chi connectivity index (χ1) is 14.9. The molecule has 0 bridgehead atoms. The molecule has 2 N–H and O–H groups in total. The summed E-state index contributed by atoms with van der Waals surface area (Å²) in [4.78, 5) is 18.1. The average Bonchev–Trinajstić information content (AvgIpc) is 2.97. The minimum absolute atomic E-state index is 0.0350. The summed E-state index contributed by atoms with van der Waals surface area (Å²) in [5, 5.41) is 17.4. The smallest absolute Gasteiger partial charge is 0.322 e. The maximum atomic E-state index is 15.2. The number of urea groups is 1. The topological polar surface area (TPSA) is 83.3 Å². The highest BCUT2D eigenvalue weighted by Gasteiger charge is 2.46. The van der Waals surface area contributed by atoms with Gasteiger partial charge in [0.1, 0.15) is 10.3 Å². The van der Waals surface area contributed by atoms with E-state index in [2.05, 4.69) is 31.3 Å². The number of hydrogen-bond acceptors (Lipinski definition) is 4. The summed E-state index contributed by atoms with van der Waals surface area (Å²) >= 11 is 2.98. The summed E-state index contributed by atoms with van der Waals surface area (Å²) in [6.45, 7) is 5.15. The molecule has 0 saturated heterocycles. The van der Waals surface area contributed by atoms with Crippen LogP contribution in [0.2, 0.25) is 0 Å². The third-order valence-corrected chi connectivity index (χ3v) is 6.93. The van der Waals surface area contributed by atoms with Crippen molar-refractivity contribution in [2.45, 2.75) is 70.7 Å². The number of anilines is 1. The van der Waals surface area contributed by atoms with E-state index in [1.165, 1.54) is 21.8 Å². The lowest BCUT2D eigenvalue weighted by molar-refractivity contribution is -0.0336. The van der Waals surface area contributed by atoms with Gasteiger partial charge < -0.3 is 15.3 Å². The Morgan fingerprint density at radius 1 is 1.41 bits per heavy atom. The zero-order valence-electron chi connectivity index (χ0n) is 18.0. The monoisotopic (exact) mass is 515 g/mol. The van der Waals surface area contributed by atoms with Crippen LogP contribution in [0.5, 0.6) is 0 Å². The van der Waals surface area contributed by atoms with Gasteiger partial charge in [-0.05, 0) is 49.2 Å². The number of amides is 2. The van der Waals surface area contributed by atoms with Gasteiger partial charge in [0.2, 0.25) is 0 Å². The number of carbonyl (C=O) groups is 1. The van der Waals surface area contributed by atoms with E-state index >= 15 is 8.78 Å². The van der Waals surface area contributed by atoms with Crippen LogP contribution in [0.1, 0.15) is 50.6 Å². The van der Waals surface area contributed by atoms with Gasteiger partial charge in [-0.25, -0.2) is 14.2 Å². The summed E-state index contributed by atoms with van der Waals surface area (Å²) in [7, 11) is 0. The van der Waals surface area contributed by atoms with Crippen LogP contribution in [0.3, 0.4) is 0 Å². The highest BCUT2D eigenvalue weighted by atomic mass is 79.9. The fraction of sp³-hybridized carbons (Fsp3) is 0.571. The zero-order valence-corrected chi connectivity index (χ0v) is 19.6. The van der Waals surface area contributed by atoms with Gasteiger partial charge >= 0.3 is 6.03 Å². The molecule has 2 unspecified atom stereocenters. The lowest BCUT2D eigenvalue weighted by Gasteiger charge is -2.33. The second kappa shape index (κ2) is 8.02. The minimum atomic E-state index is -3.13. The van der Waals surface area contributed by atoms with Crippen LogP contribution in [-0.4, -0.2) is 42.4 Å². The number of aromatic nitrogens is 3. The van der Waals surface area contributed by atoms with Crippen molar-refractivity contribution in [2.75, 3.05) is 5.32 Å². The third kappa shape index (κ3) is 4.12. The fourth-order valence-corrected chi connectivity index (χ4v) is 4.79. The molecular weight excluding hydrogens is 491 g/mol. The quantitative estimate of drug-likeness (QED) is 0.579. The van der Waals surface area contributed by atoms with Crippen LogP contribution in [-0.2, 0) is 25.4 Å². The van der Waals surface area contributed by atoms with Gasteiger partial charge in [0.05, 0.1) is 23.5 Å². The molecule has 174 valence electrons. The fourth-order valence-electron chi connectivity index (χ4n) is 4.46. The van der Waals surface area contributed by atoms with E-state index in [9.17, 15) is 14.3 Å². The van der Waals surface area contributed by atoms with E-state index in [1.54, 1.807) is 20.8 Å². The molecule has 4 heterocycles. The molecule has 0 aromatic carbocycles. The number of nitrogens with zero attached hydrogens (tertiary/aromatic N) is 4. The lowest BCUT2D eigenvalue weighted by Crippen LogP contribution is -2.45. The second-order valence-corrected chi connectivity index (χ2v) is 9.88. The van der Waals surface area contributed by atoms with Crippen molar-refractivity contribution < 1.29 is 23.1 Å². The van der Waals surface area contributed by atoms with Crippen LogP contribution in [0.4, 0.5) is 23.7 Å². The molecule has 2 aromatic heterocycles. The zero-order chi connectivity index (χ0) is 23.4. The molecule has 11 heteroatoms. The van der Waals surface area contributed by atoms with Gasteiger partial charge in [-0.2, -0.15) is 13.9 Å². The van der Waals surface area contributed by atoms with Gasteiger partial charge in [-0.3, -0.25) is 4.68 Å². The van der Waals surface area contributed by atoms with Gasteiger partial charge in [-0.15, -0.1) is 0 Å². The van der Waals surface area contributed by atoms with Gasteiger partial charge in [-0.1, -0.05) is 0 Å². The normalized spacial score (nSPS) is 22.7. The number of alkyl halides is 2. The third-order valence-electron chi connectivity index (χ3n) is 6.38. The van der Waals surface area contributed by atoms with Crippen LogP contribution in [0.15, 0.2) is 16.9 Å². The molecule has 0 fully saturated rings. The molecule has 0 spiro atoms. The predicted octanol–water partition coefficient (Wildman–Crippen LogP) is 4.43. The molecule has 2 aliphatic heterocycles. The maximum absolute atomic E-state index is 15.2. The number of aliphatic hydroxyl groups is 1. The molecule has 2 aromatic rings. The van der Waals surface area contributed by atoms with E-state index in [-0.39, 0.29) is 47.5 Å². The highest BCUT2D eigenvalue weighted by Crippen LogP contribution is 2.44. The number of rotatable bonds is 2. The molecule has 2 amide bonds. The second-order valence-electron chi connectivity index (χ2n) is 9.12. The number of pyridine rings is 1. The summed E-state index contributed by atoms with van der Waals surface area (Å²) < 4.78 is 45.9. The van der Waals surface area contributed by atoms with E-state index in [0.717, 1.165) is 0 Å². The van der Waals surface area contributed by atoms with Crippen LogP contribution >= 0.6 is 15.9 Å². The van der Waals surface area contributed by atoms with Crippen LogP contribution in [0.25, 0.3) is 0 Å². The number of carbonyl (C=O) groups excluding carboxylic acids is 1. The Morgan fingerprint density at radius 2 is 2.12 bits per heavy atom. The summed E-state index contributed by atoms with van der Waals surface area (Å²) in [6, 6.07) is 0.412. The average molecular weight is 516 g/mol. The van der Waals surface area contributed by atoms with Crippen molar-refractivity contribution in [3.05, 3.63) is 39.6 Å². The Hall–Kier alpha value is -2.14. The largest absolute Gasteiger partial charge is 0.390 e. The summed E-state index contributed by atoms with van der Waals surface area (Å²) in [6.07, 6.45) is 1.40. The van der Waals surface area contributed by atoms with Crippen LogP contribution < -0.4 is 5.32 Å². The Morgan fingerprint density at radius 3 is 2.81 bits per heavy atom. The Balaban J connectivity index is 1.65. The maximum Gasteiger partial charge on any atom is 0.322 e. The van der Waals surface area contributed by atoms with E-state index < -0.39 is 29.8 Å². The van der Waals surface area contributed by atoms with Crippen LogP contribution in [0, 0.1) is 11.7 Å². The van der Waals surface area contributed by atoms with Crippen molar-refractivity contribution in [2.24, 2.45) is 5.92 Å². The molecule has 0 saturated carbocycles. The van der Waals surface area contributed by atoms with Gasteiger partial charge in [0.25, 0.3) is 5.92 Å². The molecule has 0 radical (unpaired) electrons. The van der Waals surface area contributed by atoms with Crippen molar-refractivity contribution in [1.29, 1.82) is 0 Å². The molecule has 4 rings (SSSR count). The number of hydrogen-bond donors (Lipinski definition) is 2. The van der Waals surface area contributed by atoms with E-state index in [4.69, 9.17) is 0 Å². The first-order valence-corrected chi connectivity index (χ1v) is 11.2. The highest BCUT2D eigenvalue weighted by molar-refractivity contribution is 9.10. The van der Waals surface area contributed by atoms with Gasteiger partial charge in [0.15, 0.2) is 5.82 Å². The molecule has 2 atom stereocenters. The first-order valence-electron chi connectivity index (χ1n) is 10.5. The Bertz CT molecular complexity index is 1050. The lowest BCUT2D eigenvalue weighted by atomic mass is 9.86. The molecule has 7 nitrogen and oxygen atoms in total. The van der Waals surface area contributed by atoms with Gasteiger partial charge in [0, 0.05) is 43.1 Å².